The van der Waals surface area contributed by atoms with Gasteiger partial charge in [-0.2, -0.15) is 0 Å². The zero-order chi connectivity index (χ0) is 26.0. The lowest BCUT2D eigenvalue weighted by atomic mass is 9.80. The molecule has 1 heterocycles. The van der Waals surface area contributed by atoms with Crippen LogP contribution >= 0.6 is 0 Å². The van der Waals surface area contributed by atoms with Crippen LogP contribution in [0.3, 0.4) is 0 Å². The van der Waals surface area contributed by atoms with Gasteiger partial charge in [0.25, 0.3) is 0 Å². The van der Waals surface area contributed by atoms with Crippen molar-refractivity contribution in [2.75, 3.05) is 19.4 Å². The standard InChI is InChI=1S/C27H31F3N4O2/c1-17-13-18(2)15-21(14-17)34-24-11-5-19(6-12-25(35)33(3)4)16-23(24)32-26(34)31-20-7-9-22(10-8-20)36-27(28,29)30/h5-12,16-18,21H,13-15H2,1-4H3,(H,31,32)/b12-6+. The van der Waals surface area contributed by atoms with Crippen molar-refractivity contribution in [3.63, 3.8) is 0 Å². The van der Waals surface area contributed by atoms with Crippen molar-refractivity contribution in [2.24, 2.45) is 11.8 Å². The van der Waals surface area contributed by atoms with E-state index in [1.807, 2.05) is 18.2 Å². The number of nitrogens with one attached hydrogen (secondary N) is 1. The summed E-state index contributed by atoms with van der Waals surface area (Å²) in [6.07, 6.45) is 1.76. The molecule has 0 saturated heterocycles. The van der Waals surface area contributed by atoms with Gasteiger partial charge in [-0.3, -0.25) is 4.79 Å². The van der Waals surface area contributed by atoms with Crippen LogP contribution in [0.5, 0.6) is 5.75 Å². The van der Waals surface area contributed by atoms with E-state index < -0.39 is 6.36 Å². The summed E-state index contributed by atoms with van der Waals surface area (Å²) in [5.74, 6) is 1.39. The van der Waals surface area contributed by atoms with Gasteiger partial charge in [0.05, 0.1) is 11.0 Å². The first kappa shape index (κ1) is 25.6. The molecule has 0 radical (unpaired) electrons. The Balaban J connectivity index is 1.69. The van der Waals surface area contributed by atoms with Crippen LogP contribution in [0.25, 0.3) is 17.1 Å². The summed E-state index contributed by atoms with van der Waals surface area (Å²) in [5.41, 5.74) is 3.21. The number of anilines is 2. The highest BCUT2D eigenvalue weighted by Gasteiger charge is 2.31. The quantitative estimate of drug-likeness (QED) is 0.379. The van der Waals surface area contributed by atoms with Gasteiger partial charge in [0.1, 0.15) is 5.75 Å². The summed E-state index contributed by atoms with van der Waals surface area (Å²) < 4.78 is 43.8. The smallest absolute Gasteiger partial charge is 0.406 e. The fraction of sp³-hybridized carbons (Fsp3) is 0.407. The number of imidazole rings is 1. The number of amides is 1. The highest BCUT2D eigenvalue weighted by molar-refractivity contribution is 5.92. The Morgan fingerprint density at radius 1 is 1.08 bits per heavy atom. The molecule has 1 aliphatic carbocycles. The molecule has 9 heteroatoms. The number of nitrogens with zero attached hydrogens (tertiary/aromatic N) is 3. The Bertz CT molecular complexity index is 1240. The third kappa shape index (κ3) is 6.19. The fourth-order valence-corrected chi connectivity index (χ4v) is 4.98. The van der Waals surface area contributed by atoms with E-state index in [2.05, 4.69) is 28.5 Å². The molecule has 1 aliphatic rings. The average molecular weight is 501 g/mol. The molecule has 4 rings (SSSR count). The summed E-state index contributed by atoms with van der Waals surface area (Å²) >= 11 is 0. The lowest BCUT2D eigenvalue weighted by Gasteiger charge is -2.33. The molecule has 1 saturated carbocycles. The minimum absolute atomic E-state index is 0.105. The molecule has 2 atom stereocenters. The topological polar surface area (TPSA) is 59.4 Å². The van der Waals surface area contributed by atoms with Gasteiger partial charge in [-0.25, -0.2) is 4.98 Å². The van der Waals surface area contributed by atoms with Crippen molar-refractivity contribution in [3.05, 3.63) is 54.1 Å². The van der Waals surface area contributed by atoms with Gasteiger partial charge in [0.15, 0.2) is 0 Å². The van der Waals surface area contributed by atoms with E-state index in [9.17, 15) is 18.0 Å². The molecule has 2 aromatic carbocycles. The van der Waals surface area contributed by atoms with Gasteiger partial charge in [-0.05, 0) is 79.1 Å². The number of alkyl halides is 3. The van der Waals surface area contributed by atoms with E-state index in [0.29, 0.717) is 23.5 Å². The fourth-order valence-electron chi connectivity index (χ4n) is 4.98. The highest BCUT2D eigenvalue weighted by atomic mass is 19.4. The number of hydrogen-bond donors (Lipinski definition) is 1. The molecule has 1 N–H and O–H groups in total. The number of fused-ring (bicyclic) bond motifs is 1. The lowest BCUT2D eigenvalue weighted by molar-refractivity contribution is -0.274. The minimum Gasteiger partial charge on any atom is -0.406 e. The van der Waals surface area contributed by atoms with Crippen LogP contribution < -0.4 is 10.1 Å². The number of likely N-dealkylation sites (N-methyl/N-ethyl adjacent to an activating group) is 1. The molecule has 36 heavy (non-hydrogen) atoms. The third-order valence-electron chi connectivity index (χ3n) is 6.44. The Labute approximate surface area is 208 Å². The molecule has 6 nitrogen and oxygen atoms in total. The number of aromatic nitrogens is 2. The van der Waals surface area contributed by atoms with E-state index >= 15 is 0 Å². The second-order valence-electron chi connectivity index (χ2n) is 9.89. The van der Waals surface area contributed by atoms with Gasteiger partial charge in [-0.1, -0.05) is 19.9 Å². The van der Waals surface area contributed by atoms with Crippen LogP contribution in [-0.2, 0) is 4.79 Å². The van der Waals surface area contributed by atoms with Crippen molar-refractivity contribution in [1.29, 1.82) is 0 Å². The molecule has 1 fully saturated rings. The van der Waals surface area contributed by atoms with Gasteiger partial charge >= 0.3 is 6.36 Å². The Morgan fingerprint density at radius 2 is 1.75 bits per heavy atom. The average Bonchev–Trinajstić information content (AvgIpc) is 3.14. The van der Waals surface area contributed by atoms with Crippen LogP contribution in [0.4, 0.5) is 24.8 Å². The maximum atomic E-state index is 12.5. The summed E-state index contributed by atoms with van der Waals surface area (Å²) in [7, 11) is 3.40. The molecule has 3 aromatic rings. The lowest BCUT2D eigenvalue weighted by Crippen LogP contribution is -2.23. The predicted molar refractivity (Wildman–Crippen MR) is 135 cm³/mol. The zero-order valence-corrected chi connectivity index (χ0v) is 20.8. The first-order chi connectivity index (χ1) is 17.0. The summed E-state index contributed by atoms with van der Waals surface area (Å²) in [5, 5.41) is 3.30. The molecule has 192 valence electrons. The minimum atomic E-state index is -4.74. The van der Waals surface area contributed by atoms with Crippen molar-refractivity contribution in [1.82, 2.24) is 14.5 Å². The summed E-state index contributed by atoms with van der Waals surface area (Å²) in [6, 6.07) is 11.8. The first-order valence-corrected chi connectivity index (χ1v) is 12.0. The van der Waals surface area contributed by atoms with Crippen molar-refractivity contribution < 1.29 is 22.7 Å². The van der Waals surface area contributed by atoms with Crippen LogP contribution in [-0.4, -0.2) is 40.8 Å². The number of ether oxygens (including phenoxy) is 1. The molecular weight excluding hydrogens is 469 g/mol. The van der Waals surface area contributed by atoms with Crippen molar-refractivity contribution >= 4 is 34.7 Å². The SMILES string of the molecule is CC1CC(C)CC(n2c(Nc3ccc(OC(F)(F)F)cc3)nc3cc(/C=C/C(=O)N(C)C)ccc32)C1. The Kier molecular flexibility index (Phi) is 7.28. The molecule has 0 aliphatic heterocycles. The largest absolute Gasteiger partial charge is 0.573 e. The van der Waals surface area contributed by atoms with E-state index in [-0.39, 0.29) is 17.7 Å². The Morgan fingerprint density at radius 3 is 2.36 bits per heavy atom. The van der Waals surface area contributed by atoms with Crippen LogP contribution in [0.15, 0.2) is 48.5 Å². The second-order valence-corrected chi connectivity index (χ2v) is 9.89. The van der Waals surface area contributed by atoms with E-state index in [4.69, 9.17) is 4.98 Å². The normalized spacial score (nSPS) is 20.6. The number of carbonyl (C=O) groups excluding carboxylic acids is 1. The third-order valence-corrected chi connectivity index (χ3v) is 6.44. The highest BCUT2D eigenvalue weighted by Crippen LogP contribution is 2.40. The van der Waals surface area contributed by atoms with Gasteiger partial charge < -0.3 is 19.5 Å². The predicted octanol–water partition coefficient (Wildman–Crippen LogP) is 6.78. The number of carbonyl (C=O) groups is 1. The van der Waals surface area contributed by atoms with Crippen molar-refractivity contribution in [2.45, 2.75) is 45.5 Å². The maximum absolute atomic E-state index is 12.5. The number of hydrogen-bond acceptors (Lipinski definition) is 4. The molecule has 2 unspecified atom stereocenters. The van der Waals surface area contributed by atoms with E-state index in [1.54, 1.807) is 20.2 Å². The van der Waals surface area contributed by atoms with E-state index in [1.165, 1.54) is 41.7 Å². The zero-order valence-electron chi connectivity index (χ0n) is 20.8. The number of benzene rings is 2. The van der Waals surface area contributed by atoms with Gasteiger partial charge in [0, 0.05) is 31.9 Å². The van der Waals surface area contributed by atoms with Crippen LogP contribution in [0.1, 0.15) is 44.7 Å². The maximum Gasteiger partial charge on any atom is 0.573 e. The molecule has 0 spiro atoms. The van der Waals surface area contributed by atoms with Gasteiger partial charge in [0.2, 0.25) is 11.9 Å². The number of halogens is 3. The second kappa shape index (κ2) is 10.2. The Hall–Kier alpha value is -3.49. The van der Waals surface area contributed by atoms with Crippen LogP contribution in [0.2, 0.25) is 0 Å². The molecule has 1 aromatic heterocycles. The summed E-state index contributed by atoms with van der Waals surface area (Å²) in [6.45, 7) is 4.53. The van der Waals surface area contributed by atoms with Crippen LogP contribution in [0, 0.1) is 11.8 Å². The summed E-state index contributed by atoms with van der Waals surface area (Å²) in [4.78, 5) is 18.3. The van der Waals surface area contributed by atoms with Gasteiger partial charge in [-0.15, -0.1) is 13.2 Å². The van der Waals surface area contributed by atoms with Crippen molar-refractivity contribution in [3.8, 4) is 5.75 Å². The number of rotatable bonds is 6. The molecule has 0 bridgehead atoms. The molecule has 1 amide bonds. The molecular formula is C27H31F3N4O2. The van der Waals surface area contributed by atoms with E-state index in [0.717, 1.165) is 29.4 Å². The monoisotopic (exact) mass is 500 g/mol. The first-order valence-electron chi connectivity index (χ1n) is 12.0.